The standard InChI is InChI=1S/C30H26F3N7O2/c1-39-16-36-38-28(39)22-7-17(12-34)3-6-21(22)20-10-26(19-4-5-19)37-27(11-20)40-14-24-23(29(40)41)8-18(9-25(24)31)13-35-15-30(32,33)42-2/h3,6-11,16,19,35H,4-5,13-15H2,1-2H3. The fraction of sp³-hybridized carbons (Fsp3) is 0.300. The Hall–Kier alpha value is -4.60. The first-order valence-corrected chi connectivity index (χ1v) is 13.3. The van der Waals surface area contributed by atoms with Gasteiger partial charge in [0.15, 0.2) is 5.82 Å². The van der Waals surface area contributed by atoms with E-state index in [1.54, 1.807) is 29.1 Å². The smallest absolute Gasteiger partial charge is 0.323 e. The molecule has 42 heavy (non-hydrogen) atoms. The molecule has 12 heteroatoms. The number of carbonyl (C=O) groups excluding carboxylic acids is 1. The number of nitrogens with zero attached hydrogens (tertiary/aromatic N) is 6. The van der Waals surface area contributed by atoms with Crippen LogP contribution in [0.4, 0.5) is 19.0 Å². The molecule has 214 valence electrons. The van der Waals surface area contributed by atoms with E-state index in [1.165, 1.54) is 17.0 Å². The number of rotatable bonds is 9. The number of nitriles is 1. The Kier molecular flexibility index (Phi) is 7.00. The summed E-state index contributed by atoms with van der Waals surface area (Å²) in [6.45, 7) is -0.840. The maximum Gasteiger partial charge on any atom is 0.367 e. The third-order valence-corrected chi connectivity index (χ3v) is 7.52. The zero-order valence-corrected chi connectivity index (χ0v) is 22.9. The SMILES string of the molecule is COC(F)(F)CNCc1cc(F)c2c(c1)C(=O)N(c1cc(-c3ccc(C#N)cc3-c3nncn3C)cc(C3CC3)n1)C2. The van der Waals surface area contributed by atoms with E-state index in [1.807, 2.05) is 19.2 Å². The van der Waals surface area contributed by atoms with E-state index in [-0.39, 0.29) is 30.1 Å². The monoisotopic (exact) mass is 573 g/mol. The first-order chi connectivity index (χ1) is 20.2. The average Bonchev–Trinajstić information content (AvgIpc) is 3.67. The van der Waals surface area contributed by atoms with Crippen molar-refractivity contribution >= 4 is 11.7 Å². The fourth-order valence-electron chi connectivity index (χ4n) is 5.13. The number of carbonyl (C=O) groups is 1. The Morgan fingerprint density at radius 3 is 2.64 bits per heavy atom. The second-order valence-electron chi connectivity index (χ2n) is 10.5. The van der Waals surface area contributed by atoms with Crippen molar-refractivity contribution in [1.29, 1.82) is 5.26 Å². The van der Waals surface area contributed by atoms with Gasteiger partial charge in [-0.05, 0) is 65.9 Å². The zero-order chi connectivity index (χ0) is 29.6. The van der Waals surface area contributed by atoms with Gasteiger partial charge in [0.05, 0.1) is 24.7 Å². The quantitative estimate of drug-likeness (QED) is 0.303. The molecule has 1 N–H and O–H groups in total. The predicted molar refractivity (Wildman–Crippen MR) is 147 cm³/mol. The Morgan fingerprint density at radius 1 is 1.14 bits per heavy atom. The second kappa shape index (κ2) is 10.7. The molecule has 1 amide bonds. The van der Waals surface area contributed by atoms with Gasteiger partial charge in [-0.2, -0.15) is 14.0 Å². The van der Waals surface area contributed by atoms with Crippen LogP contribution in [0, 0.1) is 17.1 Å². The maximum absolute atomic E-state index is 15.2. The molecule has 1 fully saturated rings. The van der Waals surface area contributed by atoms with Crippen LogP contribution >= 0.6 is 0 Å². The molecule has 0 bridgehead atoms. The molecule has 2 aromatic heterocycles. The molecule has 2 aromatic carbocycles. The molecule has 3 heterocycles. The normalized spacial score (nSPS) is 14.8. The van der Waals surface area contributed by atoms with Gasteiger partial charge < -0.3 is 14.6 Å². The molecule has 4 aromatic rings. The lowest BCUT2D eigenvalue weighted by Gasteiger charge is -2.18. The number of halogens is 3. The highest BCUT2D eigenvalue weighted by atomic mass is 19.3. The average molecular weight is 574 g/mol. The molecule has 0 radical (unpaired) electrons. The Bertz CT molecular complexity index is 1740. The highest BCUT2D eigenvalue weighted by Crippen LogP contribution is 2.43. The molecule has 6 rings (SSSR count). The lowest BCUT2D eigenvalue weighted by atomic mass is 9.96. The molecule has 9 nitrogen and oxygen atoms in total. The minimum Gasteiger partial charge on any atom is -0.323 e. The maximum atomic E-state index is 15.2. The highest BCUT2D eigenvalue weighted by Gasteiger charge is 2.34. The highest BCUT2D eigenvalue weighted by molar-refractivity contribution is 6.10. The number of methoxy groups -OCH3 is 1. The molecule has 0 unspecified atom stereocenters. The minimum atomic E-state index is -3.36. The molecule has 0 atom stereocenters. The number of ether oxygens (including phenoxy) is 1. The number of fused-ring (bicyclic) bond motifs is 1. The summed E-state index contributed by atoms with van der Waals surface area (Å²) in [5.41, 5.74) is 4.30. The number of alkyl halides is 2. The van der Waals surface area contributed by atoms with Crippen LogP contribution in [0.1, 0.15) is 51.5 Å². The summed E-state index contributed by atoms with van der Waals surface area (Å²) in [6, 6.07) is 14.0. The summed E-state index contributed by atoms with van der Waals surface area (Å²) < 4.78 is 47.9. The Morgan fingerprint density at radius 2 is 1.95 bits per heavy atom. The van der Waals surface area contributed by atoms with Crippen LogP contribution in [0.25, 0.3) is 22.5 Å². The van der Waals surface area contributed by atoms with Crippen LogP contribution in [-0.4, -0.2) is 45.4 Å². The number of aromatic nitrogens is 4. The summed E-state index contributed by atoms with van der Waals surface area (Å²) >= 11 is 0. The molecule has 1 saturated carbocycles. The van der Waals surface area contributed by atoms with Crippen LogP contribution in [-0.2, 0) is 24.9 Å². The summed E-state index contributed by atoms with van der Waals surface area (Å²) in [5, 5.41) is 20.3. The third kappa shape index (κ3) is 5.24. The number of pyridine rings is 1. The van der Waals surface area contributed by atoms with Crippen LogP contribution in [0.3, 0.4) is 0 Å². The van der Waals surface area contributed by atoms with Crippen LogP contribution in [0.15, 0.2) is 48.8 Å². The van der Waals surface area contributed by atoms with Gasteiger partial charge in [0.2, 0.25) is 0 Å². The van der Waals surface area contributed by atoms with Gasteiger partial charge in [-0.25, -0.2) is 9.37 Å². The van der Waals surface area contributed by atoms with Crippen molar-refractivity contribution < 1.29 is 22.7 Å². The Balaban J connectivity index is 1.36. The van der Waals surface area contributed by atoms with E-state index in [0.717, 1.165) is 36.8 Å². The van der Waals surface area contributed by atoms with Gasteiger partial charge in [-0.15, -0.1) is 10.2 Å². The van der Waals surface area contributed by atoms with Crippen LogP contribution in [0.2, 0.25) is 0 Å². The Labute approximate surface area is 239 Å². The van der Waals surface area contributed by atoms with Gasteiger partial charge in [-0.1, -0.05) is 6.07 Å². The first kappa shape index (κ1) is 27.6. The number of aryl methyl sites for hydroxylation is 1. The van der Waals surface area contributed by atoms with Crippen molar-refractivity contribution in [3.63, 3.8) is 0 Å². The summed E-state index contributed by atoms with van der Waals surface area (Å²) in [7, 11) is 2.72. The number of anilines is 1. The molecular weight excluding hydrogens is 547 g/mol. The molecule has 0 saturated heterocycles. The summed E-state index contributed by atoms with van der Waals surface area (Å²) in [5.74, 6) is 0.189. The molecule has 0 spiro atoms. The number of nitrogens with one attached hydrogen (secondary N) is 1. The van der Waals surface area contributed by atoms with E-state index in [4.69, 9.17) is 4.98 Å². The molecule has 1 aliphatic heterocycles. The third-order valence-electron chi connectivity index (χ3n) is 7.52. The predicted octanol–water partition coefficient (Wildman–Crippen LogP) is 4.92. The van der Waals surface area contributed by atoms with Gasteiger partial charge in [0.25, 0.3) is 5.91 Å². The van der Waals surface area contributed by atoms with E-state index in [9.17, 15) is 18.8 Å². The van der Waals surface area contributed by atoms with Crippen molar-refractivity contribution in [3.05, 3.63) is 82.6 Å². The van der Waals surface area contributed by atoms with Crippen molar-refractivity contribution in [3.8, 4) is 28.6 Å². The van der Waals surface area contributed by atoms with Crippen molar-refractivity contribution in [2.45, 2.75) is 38.0 Å². The van der Waals surface area contributed by atoms with Crippen molar-refractivity contribution in [2.24, 2.45) is 7.05 Å². The van der Waals surface area contributed by atoms with Crippen molar-refractivity contribution in [1.82, 2.24) is 25.1 Å². The lowest BCUT2D eigenvalue weighted by molar-refractivity contribution is -0.216. The number of benzene rings is 2. The van der Waals surface area contributed by atoms with E-state index >= 15 is 4.39 Å². The largest absolute Gasteiger partial charge is 0.367 e. The number of hydrogen-bond acceptors (Lipinski definition) is 7. The topological polar surface area (TPSA) is 109 Å². The number of amides is 1. The fourth-order valence-corrected chi connectivity index (χ4v) is 5.13. The summed E-state index contributed by atoms with van der Waals surface area (Å²) in [6.07, 6.45) is 0.161. The van der Waals surface area contributed by atoms with Gasteiger partial charge in [-0.3, -0.25) is 9.69 Å². The van der Waals surface area contributed by atoms with E-state index in [2.05, 4.69) is 26.3 Å². The van der Waals surface area contributed by atoms with Gasteiger partial charge in [0.1, 0.15) is 18.0 Å². The molecule has 1 aliphatic carbocycles. The van der Waals surface area contributed by atoms with Gasteiger partial charge >= 0.3 is 6.11 Å². The van der Waals surface area contributed by atoms with Crippen LogP contribution < -0.4 is 10.2 Å². The van der Waals surface area contributed by atoms with Crippen LogP contribution in [0.5, 0.6) is 0 Å². The van der Waals surface area contributed by atoms with E-state index in [0.29, 0.717) is 28.3 Å². The molecule has 2 aliphatic rings. The molecular formula is C30H26F3N7O2. The van der Waals surface area contributed by atoms with Gasteiger partial charge in [0, 0.05) is 49.0 Å². The van der Waals surface area contributed by atoms with E-state index < -0.39 is 24.4 Å². The first-order valence-electron chi connectivity index (χ1n) is 13.3. The second-order valence-corrected chi connectivity index (χ2v) is 10.5. The minimum absolute atomic E-state index is 0.0144. The number of hydrogen-bond donors (Lipinski definition) is 1. The lowest BCUT2D eigenvalue weighted by Crippen LogP contribution is -2.33. The zero-order valence-electron chi connectivity index (χ0n) is 22.9. The van der Waals surface area contributed by atoms with Crippen molar-refractivity contribution in [2.75, 3.05) is 18.6 Å². The summed E-state index contributed by atoms with van der Waals surface area (Å²) in [4.78, 5) is 19.8.